The molecule has 1 heterocycles. The molecule has 1 atom stereocenters. The van der Waals surface area contributed by atoms with E-state index in [1.165, 1.54) is 7.11 Å². The predicted octanol–water partition coefficient (Wildman–Crippen LogP) is 4.27. The summed E-state index contributed by atoms with van der Waals surface area (Å²) < 4.78 is 4.82. The van der Waals surface area contributed by atoms with Gasteiger partial charge in [-0.1, -0.05) is 54.1 Å². The first-order valence-corrected chi connectivity index (χ1v) is 9.62. The minimum Gasteiger partial charge on any atom is -0.469 e. The third-order valence-electron chi connectivity index (χ3n) is 5.21. The van der Waals surface area contributed by atoms with Crippen LogP contribution in [0.1, 0.15) is 36.3 Å². The van der Waals surface area contributed by atoms with E-state index < -0.39 is 0 Å². The Bertz CT molecular complexity index is 785. The Kier molecular flexibility index (Phi) is 6.51. The summed E-state index contributed by atoms with van der Waals surface area (Å²) in [6.07, 6.45) is 1.70. The molecule has 1 saturated heterocycles. The van der Waals surface area contributed by atoms with E-state index in [2.05, 4.69) is 0 Å². The van der Waals surface area contributed by atoms with Crippen LogP contribution in [0.4, 0.5) is 0 Å². The number of hydrogen-bond donors (Lipinski definition) is 0. The third kappa shape index (κ3) is 4.89. The van der Waals surface area contributed by atoms with Crippen molar-refractivity contribution in [3.8, 4) is 0 Å². The molecular weight excluding hydrogens is 362 g/mol. The second-order valence-corrected chi connectivity index (χ2v) is 7.34. The molecule has 0 saturated carbocycles. The molecule has 4 nitrogen and oxygen atoms in total. The van der Waals surface area contributed by atoms with Gasteiger partial charge in [0.25, 0.3) is 0 Å². The van der Waals surface area contributed by atoms with Crippen LogP contribution >= 0.6 is 11.6 Å². The van der Waals surface area contributed by atoms with Gasteiger partial charge in [0.1, 0.15) is 0 Å². The second kappa shape index (κ2) is 9.05. The first-order chi connectivity index (χ1) is 13.1. The number of halogens is 1. The highest BCUT2D eigenvalue weighted by molar-refractivity contribution is 6.30. The van der Waals surface area contributed by atoms with Gasteiger partial charge in [-0.15, -0.1) is 0 Å². The van der Waals surface area contributed by atoms with Gasteiger partial charge in [-0.3, -0.25) is 9.59 Å². The topological polar surface area (TPSA) is 46.6 Å². The van der Waals surface area contributed by atoms with Crippen molar-refractivity contribution in [2.24, 2.45) is 5.92 Å². The van der Waals surface area contributed by atoms with Gasteiger partial charge in [0, 0.05) is 30.5 Å². The fraction of sp³-hybridized carbons (Fsp3) is 0.364. The lowest BCUT2D eigenvalue weighted by Gasteiger charge is -2.32. The van der Waals surface area contributed by atoms with Crippen LogP contribution in [0, 0.1) is 5.92 Å². The lowest BCUT2D eigenvalue weighted by Crippen LogP contribution is -2.41. The minimum atomic E-state index is -0.178. The van der Waals surface area contributed by atoms with Crippen LogP contribution in [0.25, 0.3) is 0 Å². The molecule has 1 aliphatic rings. The first kappa shape index (κ1) is 19.4. The average Bonchev–Trinajstić information content (AvgIpc) is 2.72. The molecule has 0 spiro atoms. The molecule has 0 N–H and O–H groups in total. The molecule has 1 aliphatic heterocycles. The maximum atomic E-state index is 13.0. The third-order valence-corrected chi connectivity index (χ3v) is 5.45. The van der Waals surface area contributed by atoms with E-state index in [1.807, 2.05) is 59.5 Å². The molecule has 1 unspecified atom stereocenters. The fourth-order valence-electron chi connectivity index (χ4n) is 3.67. The van der Waals surface area contributed by atoms with Crippen molar-refractivity contribution in [1.82, 2.24) is 4.90 Å². The molecule has 2 aromatic rings. The molecule has 27 heavy (non-hydrogen) atoms. The molecule has 3 rings (SSSR count). The van der Waals surface area contributed by atoms with Gasteiger partial charge in [-0.05, 0) is 36.1 Å². The average molecular weight is 386 g/mol. The summed E-state index contributed by atoms with van der Waals surface area (Å²) >= 11 is 6.18. The molecule has 0 bridgehead atoms. The smallest absolute Gasteiger partial charge is 0.308 e. The van der Waals surface area contributed by atoms with Crippen molar-refractivity contribution in [3.63, 3.8) is 0 Å². The number of benzene rings is 2. The Morgan fingerprint density at radius 1 is 1.07 bits per heavy atom. The zero-order valence-electron chi connectivity index (χ0n) is 15.4. The zero-order valence-corrected chi connectivity index (χ0v) is 16.2. The zero-order chi connectivity index (χ0) is 19.2. The van der Waals surface area contributed by atoms with Crippen molar-refractivity contribution in [2.45, 2.75) is 25.2 Å². The Morgan fingerprint density at radius 3 is 2.37 bits per heavy atom. The number of ether oxygens (including phenoxy) is 1. The summed E-state index contributed by atoms with van der Waals surface area (Å²) in [5.41, 5.74) is 2.13. The number of carbonyl (C=O) groups is 2. The highest BCUT2D eigenvalue weighted by atomic mass is 35.5. The van der Waals surface area contributed by atoms with Crippen LogP contribution in [0.3, 0.4) is 0 Å². The Hall–Kier alpha value is -2.33. The lowest BCUT2D eigenvalue weighted by molar-refractivity contribution is -0.148. The van der Waals surface area contributed by atoms with Gasteiger partial charge < -0.3 is 9.64 Å². The molecule has 0 aromatic heterocycles. The summed E-state index contributed by atoms with van der Waals surface area (Å²) in [5, 5.41) is 0.666. The van der Waals surface area contributed by atoms with Gasteiger partial charge in [0.05, 0.1) is 13.0 Å². The summed E-state index contributed by atoms with van der Waals surface area (Å²) in [4.78, 5) is 26.5. The van der Waals surface area contributed by atoms with Crippen LogP contribution in [-0.4, -0.2) is 37.0 Å². The van der Waals surface area contributed by atoms with E-state index in [0.29, 0.717) is 37.4 Å². The molecule has 1 amide bonds. The quantitative estimate of drug-likeness (QED) is 0.722. The van der Waals surface area contributed by atoms with Crippen molar-refractivity contribution in [1.29, 1.82) is 0 Å². The fourth-order valence-corrected chi connectivity index (χ4v) is 3.87. The molecule has 5 heteroatoms. The maximum Gasteiger partial charge on any atom is 0.308 e. The van der Waals surface area contributed by atoms with E-state index in [0.717, 1.165) is 11.1 Å². The Balaban J connectivity index is 1.73. The molecule has 2 aromatic carbocycles. The van der Waals surface area contributed by atoms with Crippen molar-refractivity contribution in [3.05, 3.63) is 70.7 Å². The van der Waals surface area contributed by atoms with E-state index in [-0.39, 0.29) is 23.7 Å². The number of amides is 1. The van der Waals surface area contributed by atoms with Crippen molar-refractivity contribution < 1.29 is 14.3 Å². The number of rotatable bonds is 5. The molecule has 1 fully saturated rings. The normalized spacial score (nSPS) is 16.0. The van der Waals surface area contributed by atoms with Gasteiger partial charge in [0.2, 0.25) is 5.91 Å². The molecular formula is C22H24ClNO3. The van der Waals surface area contributed by atoms with Crippen LogP contribution in [0.15, 0.2) is 54.6 Å². The van der Waals surface area contributed by atoms with Crippen LogP contribution in [0.5, 0.6) is 0 Å². The molecule has 142 valence electrons. The largest absolute Gasteiger partial charge is 0.469 e. The summed E-state index contributed by atoms with van der Waals surface area (Å²) in [6.45, 7) is 1.19. The first-order valence-electron chi connectivity index (χ1n) is 9.24. The number of nitrogens with zero attached hydrogens (tertiary/aromatic N) is 1. The number of methoxy groups -OCH3 is 1. The van der Waals surface area contributed by atoms with E-state index in [4.69, 9.17) is 16.3 Å². The predicted molar refractivity (Wildman–Crippen MR) is 106 cm³/mol. The maximum absolute atomic E-state index is 13.0. The number of likely N-dealkylation sites (tertiary alicyclic amines) is 1. The minimum absolute atomic E-state index is 0.0456. The van der Waals surface area contributed by atoms with Gasteiger partial charge >= 0.3 is 5.97 Å². The highest BCUT2D eigenvalue weighted by Gasteiger charge is 2.29. The second-order valence-electron chi connectivity index (χ2n) is 6.90. The number of esters is 1. The van der Waals surface area contributed by atoms with Crippen molar-refractivity contribution >= 4 is 23.5 Å². The van der Waals surface area contributed by atoms with Crippen LogP contribution < -0.4 is 0 Å². The van der Waals surface area contributed by atoms with E-state index in [9.17, 15) is 9.59 Å². The van der Waals surface area contributed by atoms with Crippen LogP contribution in [-0.2, 0) is 14.3 Å². The van der Waals surface area contributed by atoms with Gasteiger partial charge in [0.15, 0.2) is 0 Å². The number of carbonyl (C=O) groups excluding carboxylic acids is 2. The summed E-state index contributed by atoms with van der Waals surface area (Å²) in [7, 11) is 1.41. The van der Waals surface area contributed by atoms with Crippen molar-refractivity contribution in [2.75, 3.05) is 20.2 Å². The number of piperidine rings is 1. The Morgan fingerprint density at radius 2 is 1.74 bits per heavy atom. The lowest BCUT2D eigenvalue weighted by atomic mass is 9.87. The standard InChI is InChI=1S/C22H24ClNO3/c1-27-22(26)17-10-12-24(13-11-17)21(25)15-20(16-6-3-2-4-7-16)18-8-5-9-19(23)14-18/h2-9,14,17,20H,10-13,15H2,1H3. The number of hydrogen-bond acceptors (Lipinski definition) is 3. The van der Waals surface area contributed by atoms with E-state index in [1.54, 1.807) is 0 Å². The SMILES string of the molecule is COC(=O)C1CCN(C(=O)CC(c2ccccc2)c2cccc(Cl)c2)CC1. The summed E-state index contributed by atoms with van der Waals surface area (Å²) in [6, 6.07) is 17.7. The highest BCUT2D eigenvalue weighted by Crippen LogP contribution is 2.31. The molecule has 0 aliphatic carbocycles. The van der Waals surface area contributed by atoms with Gasteiger partial charge in [-0.25, -0.2) is 0 Å². The molecule has 0 radical (unpaired) electrons. The monoisotopic (exact) mass is 385 g/mol. The van der Waals surface area contributed by atoms with E-state index >= 15 is 0 Å². The Labute approximate surface area is 165 Å². The summed E-state index contributed by atoms with van der Waals surface area (Å²) in [5.74, 6) is -0.219. The van der Waals surface area contributed by atoms with Gasteiger partial charge in [-0.2, -0.15) is 0 Å². The van der Waals surface area contributed by atoms with Crippen LogP contribution in [0.2, 0.25) is 5.02 Å².